The van der Waals surface area contributed by atoms with Crippen LogP contribution in [0, 0.1) is 19.7 Å². The lowest BCUT2D eigenvalue weighted by atomic mass is 10.1. The molecule has 0 saturated heterocycles. The molecule has 1 aromatic heterocycles. The van der Waals surface area contributed by atoms with Gasteiger partial charge in [0.15, 0.2) is 0 Å². The summed E-state index contributed by atoms with van der Waals surface area (Å²) in [7, 11) is 0. The van der Waals surface area contributed by atoms with Crippen LogP contribution in [0.3, 0.4) is 0 Å². The highest BCUT2D eigenvalue weighted by molar-refractivity contribution is 7.98. The van der Waals surface area contributed by atoms with Crippen LogP contribution in [0.1, 0.15) is 28.0 Å². The molecule has 0 aliphatic carbocycles. The molecule has 20 heavy (non-hydrogen) atoms. The van der Waals surface area contributed by atoms with Gasteiger partial charge in [0.1, 0.15) is 11.6 Å². The van der Waals surface area contributed by atoms with Crippen LogP contribution in [0.5, 0.6) is 0 Å². The third-order valence-electron chi connectivity index (χ3n) is 3.12. The number of nitrogen functional groups attached to an aromatic ring is 1. The molecule has 0 aliphatic heterocycles. The molecule has 2 N–H and O–H groups in total. The second-order valence-corrected chi connectivity index (χ2v) is 5.79. The van der Waals surface area contributed by atoms with Gasteiger partial charge in [0.2, 0.25) is 0 Å². The van der Waals surface area contributed by atoms with Crippen LogP contribution < -0.4 is 5.73 Å². The fourth-order valence-corrected chi connectivity index (χ4v) is 2.80. The van der Waals surface area contributed by atoms with E-state index in [4.69, 9.17) is 5.73 Å². The van der Waals surface area contributed by atoms with Crippen molar-refractivity contribution in [3.05, 3.63) is 52.9 Å². The molecule has 106 valence electrons. The van der Waals surface area contributed by atoms with E-state index >= 15 is 0 Å². The van der Waals surface area contributed by atoms with Gasteiger partial charge >= 0.3 is 0 Å². The van der Waals surface area contributed by atoms with Crippen LogP contribution in [-0.4, -0.2) is 16.2 Å². The highest BCUT2D eigenvalue weighted by atomic mass is 32.2. The molecular formula is C15H18FN3S. The molecule has 2 aromatic rings. The first-order valence-electron chi connectivity index (χ1n) is 6.39. The zero-order valence-electron chi connectivity index (χ0n) is 11.9. The number of hydrogen-bond acceptors (Lipinski definition) is 4. The first-order chi connectivity index (χ1) is 9.51. The largest absolute Gasteiger partial charge is 0.396 e. The Hall–Kier alpha value is -1.62. The minimum atomic E-state index is -0.372. The van der Waals surface area contributed by atoms with Gasteiger partial charge in [-0.3, -0.25) is 0 Å². The highest BCUT2D eigenvalue weighted by Crippen LogP contribution is 2.30. The third-order valence-corrected chi connectivity index (χ3v) is 4.07. The topological polar surface area (TPSA) is 51.8 Å². The Bertz CT molecular complexity index is 596. The zero-order valence-corrected chi connectivity index (χ0v) is 12.7. The summed E-state index contributed by atoms with van der Waals surface area (Å²) in [5.41, 5.74) is 8.70. The van der Waals surface area contributed by atoms with Gasteiger partial charge in [0.25, 0.3) is 0 Å². The van der Waals surface area contributed by atoms with Gasteiger partial charge in [-0.15, -0.1) is 0 Å². The highest BCUT2D eigenvalue weighted by Gasteiger charge is 2.17. The monoisotopic (exact) mass is 291 g/mol. The number of thioether (sulfide) groups is 1. The fourth-order valence-electron chi connectivity index (χ4n) is 2.14. The van der Waals surface area contributed by atoms with E-state index < -0.39 is 0 Å². The summed E-state index contributed by atoms with van der Waals surface area (Å²) in [6, 6.07) is 6.85. The summed E-state index contributed by atoms with van der Waals surface area (Å²) in [6.45, 7) is 3.90. The van der Waals surface area contributed by atoms with Crippen molar-refractivity contribution in [2.24, 2.45) is 0 Å². The van der Waals surface area contributed by atoms with Crippen molar-refractivity contribution < 1.29 is 4.39 Å². The van der Waals surface area contributed by atoms with Crippen LogP contribution >= 0.6 is 11.8 Å². The number of rotatable bonds is 4. The Morgan fingerprint density at radius 1 is 1.25 bits per heavy atom. The molecular weight excluding hydrogens is 273 g/mol. The van der Waals surface area contributed by atoms with E-state index in [1.54, 1.807) is 17.8 Å². The van der Waals surface area contributed by atoms with E-state index in [1.165, 1.54) is 6.07 Å². The van der Waals surface area contributed by atoms with Gasteiger partial charge in [0, 0.05) is 11.4 Å². The SMILES string of the molecule is CSC(Cc1cccc(F)c1N)c1nc(C)cc(C)n1. The molecule has 0 saturated carbocycles. The first-order valence-corrected chi connectivity index (χ1v) is 7.68. The van der Waals surface area contributed by atoms with E-state index in [1.807, 2.05) is 32.2 Å². The van der Waals surface area contributed by atoms with Gasteiger partial charge < -0.3 is 5.73 Å². The van der Waals surface area contributed by atoms with Crippen molar-refractivity contribution >= 4 is 17.4 Å². The van der Waals surface area contributed by atoms with Crippen molar-refractivity contribution in [2.75, 3.05) is 12.0 Å². The number of hydrogen-bond donors (Lipinski definition) is 1. The summed E-state index contributed by atoms with van der Waals surface area (Å²) >= 11 is 1.65. The number of aromatic nitrogens is 2. The Morgan fingerprint density at radius 2 is 1.90 bits per heavy atom. The van der Waals surface area contributed by atoms with Crippen LogP contribution in [0.15, 0.2) is 24.3 Å². The number of anilines is 1. The molecule has 0 bridgehead atoms. The van der Waals surface area contributed by atoms with Crippen molar-refractivity contribution in [2.45, 2.75) is 25.5 Å². The normalized spacial score (nSPS) is 12.4. The molecule has 1 aromatic carbocycles. The lowest BCUT2D eigenvalue weighted by Gasteiger charge is -2.15. The number of benzene rings is 1. The molecule has 2 rings (SSSR count). The molecule has 0 amide bonds. The Labute approximate surface area is 122 Å². The van der Waals surface area contributed by atoms with Gasteiger partial charge in [-0.1, -0.05) is 12.1 Å². The van der Waals surface area contributed by atoms with E-state index in [0.717, 1.165) is 22.8 Å². The molecule has 0 aliphatic rings. The molecule has 0 spiro atoms. The lowest BCUT2D eigenvalue weighted by molar-refractivity contribution is 0.630. The molecule has 0 radical (unpaired) electrons. The van der Waals surface area contributed by atoms with Gasteiger partial charge in [-0.2, -0.15) is 11.8 Å². The molecule has 1 atom stereocenters. The van der Waals surface area contributed by atoms with Crippen LogP contribution in [0.4, 0.5) is 10.1 Å². The molecule has 3 nitrogen and oxygen atoms in total. The van der Waals surface area contributed by atoms with Crippen LogP contribution in [0.2, 0.25) is 0 Å². The van der Waals surface area contributed by atoms with E-state index in [-0.39, 0.29) is 16.8 Å². The second kappa shape index (κ2) is 6.22. The molecule has 5 heteroatoms. The number of aryl methyl sites for hydroxylation is 2. The summed E-state index contributed by atoms with van der Waals surface area (Å²) < 4.78 is 13.5. The number of nitrogens with zero attached hydrogens (tertiary/aromatic N) is 2. The Morgan fingerprint density at radius 3 is 2.50 bits per heavy atom. The summed E-state index contributed by atoms with van der Waals surface area (Å²) in [5, 5.41) is 0.0673. The van der Waals surface area contributed by atoms with Crippen molar-refractivity contribution in [3.63, 3.8) is 0 Å². The van der Waals surface area contributed by atoms with E-state index in [0.29, 0.717) is 6.42 Å². The maximum absolute atomic E-state index is 13.5. The van der Waals surface area contributed by atoms with E-state index in [2.05, 4.69) is 9.97 Å². The zero-order chi connectivity index (χ0) is 14.7. The van der Waals surface area contributed by atoms with Crippen LogP contribution in [-0.2, 0) is 6.42 Å². The van der Waals surface area contributed by atoms with Gasteiger partial charge in [0.05, 0.1) is 10.9 Å². The predicted molar refractivity (Wildman–Crippen MR) is 82.3 cm³/mol. The quantitative estimate of drug-likeness (QED) is 0.876. The molecule has 1 heterocycles. The molecule has 1 unspecified atom stereocenters. The van der Waals surface area contributed by atoms with E-state index in [9.17, 15) is 4.39 Å². The maximum atomic E-state index is 13.5. The average Bonchev–Trinajstić information content (AvgIpc) is 2.39. The number of halogens is 1. The standard InChI is InChI=1S/C15H18FN3S/c1-9-7-10(2)19-15(18-9)13(20-3)8-11-5-4-6-12(16)14(11)17/h4-7,13H,8,17H2,1-3H3. The summed E-state index contributed by atoms with van der Waals surface area (Å²) in [5.74, 6) is 0.405. The Kier molecular flexibility index (Phi) is 4.60. The third kappa shape index (κ3) is 3.28. The minimum Gasteiger partial charge on any atom is -0.396 e. The summed E-state index contributed by atoms with van der Waals surface area (Å²) in [6.07, 6.45) is 2.62. The minimum absolute atomic E-state index is 0.0673. The smallest absolute Gasteiger partial charge is 0.146 e. The maximum Gasteiger partial charge on any atom is 0.146 e. The lowest BCUT2D eigenvalue weighted by Crippen LogP contribution is -2.08. The van der Waals surface area contributed by atoms with Gasteiger partial charge in [-0.05, 0) is 44.2 Å². The Balaban J connectivity index is 2.31. The molecule has 0 fully saturated rings. The fraction of sp³-hybridized carbons (Fsp3) is 0.333. The second-order valence-electron chi connectivity index (χ2n) is 4.75. The predicted octanol–water partition coefficient (Wildman–Crippen LogP) is 3.46. The number of nitrogens with two attached hydrogens (primary N) is 1. The van der Waals surface area contributed by atoms with Gasteiger partial charge in [-0.25, -0.2) is 14.4 Å². The average molecular weight is 291 g/mol. The van der Waals surface area contributed by atoms with Crippen molar-refractivity contribution in [1.29, 1.82) is 0 Å². The number of para-hydroxylation sites is 1. The summed E-state index contributed by atoms with van der Waals surface area (Å²) in [4.78, 5) is 8.97. The van der Waals surface area contributed by atoms with Crippen molar-refractivity contribution in [3.8, 4) is 0 Å². The van der Waals surface area contributed by atoms with Crippen LogP contribution in [0.25, 0.3) is 0 Å². The van der Waals surface area contributed by atoms with Crippen molar-refractivity contribution in [1.82, 2.24) is 9.97 Å². The first kappa shape index (κ1) is 14.8.